The highest BCUT2D eigenvalue weighted by Gasteiger charge is 2.28. The van der Waals surface area contributed by atoms with Crippen molar-refractivity contribution in [2.24, 2.45) is 5.92 Å². The van der Waals surface area contributed by atoms with Gasteiger partial charge in [0.25, 0.3) is 0 Å². The fraction of sp³-hybridized carbons (Fsp3) is 0.647. The van der Waals surface area contributed by atoms with Crippen LogP contribution in [0.5, 0.6) is 0 Å². The van der Waals surface area contributed by atoms with E-state index in [2.05, 4.69) is 20.2 Å². The van der Waals surface area contributed by atoms with Crippen LogP contribution >= 0.6 is 0 Å². The van der Waals surface area contributed by atoms with E-state index in [4.69, 9.17) is 0 Å². The van der Waals surface area contributed by atoms with Crippen LogP contribution in [0.4, 0.5) is 5.82 Å². The van der Waals surface area contributed by atoms with Crippen LogP contribution in [0.15, 0.2) is 18.6 Å². The van der Waals surface area contributed by atoms with Crippen molar-refractivity contribution in [1.82, 2.24) is 20.2 Å². The van der Waals surface area contributed by atoms with Gasteiger partial charge in [-0.25, -0.2) is 4.98 Å². The summed E-state index contributed by atoms with van der Waals surface area (Å²) in [6.07, 6.45) is 6.60. The van der Waals surface area contributed by atoms with Crippen LogP contribution in [-0.4, -0.2) is 58.9 Å². The highest BCUT2D eigenvalue weighted by molar-refractivity contribution is 5.86. The molecule has 1 aromatic heterocycles. The Labute approximate surface area is 143 Å². The standard InChI is InChI=1S/C17H27N5O2/c1-17(2,3)20-15(23)12-21(4)16(24)13-5-9-22(10-6-13)14-11-18-7-8-19-14/h7-8,11,13H,5-6,9-10,12H2,1-4H3,(H,20,23). The first kappa shape index (κ1) is 18.2. The van der Waals surface area contributed by atoms with Gasteiger partial charge < -0.3 is 15.1 Å². The van der Waals surface area contributed by atoms with Crippen molar-refractivity contribution in [3.05, 3.63) is 18.6 Å². The van der Waals surface area contributed by atoms with Crippen molar-refractivity contribution in [1.29, 1.82) is 0 Å². The predicted octanol–water partition coefficient (Wildman–Crippen LogP) is 1.07. The number of hydrogen-bond acceptors (Lipinski definition) is 5. The minimum absolute atomic E-state index is 0.0367. The first-order valence-corrected chi connectivity index (χ1v) is 8.33. The molecule has 0 bridgehead atoms. The van der Waals surface area contributed by atoms with Gasteiger partial charge in [-0.05, 0) is 33.6 Å². The normalized spacial score (nSPS) is 15.9. The smallest absolute Gasteiger partial charge is 0.240 e. The molecule has 1 saturated heterocycles. The molecule has 1 N–H and O–H groups in total. The van der Waals surface area contributed by atoms with E-state index in [0.717, 1.165) is 31.7 Å². The molecule has 2 rings (SSSR count). The number of hydrogen-bond donors (Lipinski definition) is 1. The summed E-state index contributed by atoms with van der Waals surface area (Å²) >= 11 is 0. The van der Waals surface area contributed by atoms with Crippen molar-refractivity contribution in [3.63, 3.8) is 0 Å². The second kappa shape index (κ2) is 7.59. The molecule has 0 aliphatic carbocycles. The topological polar surface area (TPSA) is 78.4 Å². The number of aromatic nitrogens is 2. The number of likely N-dealkylation sites (N-methyl/N-ethyl adjacent to an activating group) is 1. The number of rotatable bonds is 4. The largest absolute Gasteiger partial charge is 0.355 e. The number of amides is 2. The second-order valence-electron chi connectivity index (χ2n) is 7.32. The molecule has 0 unspecified atom stereocenters. The van der Waals surface area contributed by atoms with Crippen LogP contribution in [0.1, 0.15) is 33.6 Å². The Morgan fingerprint density at radius 3 is 2.50 bits per heavy atom. The molecule has 7 nitrogen and oxygen atoms in total. The second-order valence-corrected chi connectivity index (χ2v) is 7.32. The van der Waals surface area contributed by atoms with Crippen molar-refractivity contribution >= 4 is 17.6 Å². The highest BCUT2D eigenvalue weighted by atomic mass is 16.2. The van der Waals surface area contributed by atoms with Gasteiger partial charge in [-0.3, -0.25) is 14.6 Å². The molecule has 24 heavy (non-hydrogen) atoms. The lowest BCUT2D eigenvalue weighted by Crippen LogP contribution is -2.48. The lowest BCUT2D eigenvalue weighted by molar-refractivity contribution is -0.139. The molecule has 2 amide bonds. The quantitative estimate of drug-likeness (QED) is 0.891. The van der Waals surface area contributed by atoms with Crippen molar-refractivity contribution in [2.45, 2.75) is 39.2 Å². The summed E-state index contributed by atoms with van der Waals surface area (Å²) in [5.41, 5.74) is -0.289. The molecule has 0 radical (unpaired) electrons. The van der Waals surface area contributed by atoms with Gasteiger partial charge in [0.15, 0.2) is 0 Å². The van der Waals surface area contributed by atoms with Gasteiger partial charge in [0, 0.05) is 44.0 Å². The fourth-order valence-electron chi connectivity index (χ4n) is 2.87. The lowest BCUT2D eigenvalue weighted by atomic mass is 9.95. The molecule has 1 fully saturated rings. The molecule has 1 aliphatic rings. The first-order chi connectivity index (χ1) is 11.3. The zero-order valence-corrected chi connectivity index (χ0v) is 15.0. The third-order valence-electron chi connectivity index (χ3n) is 3.99. The van der Waals surface area contributed by atoms with E-state index in [-0.39, 0.29) is 29.8 Å². The molecule has 0 saturated carbocycles. The van der Waals surface area contributed by atoms with Crippen LogP contribution in [0.3, 0.4) is 0 Å². The predicted molar refractivity (Wildman–Crippen MR) is 92.5 cm³/mol. The van der Waals surface area contributed by atoms with E-state index in [1.54, 1.807) is 25.6 Å². The number of carbonyl (C=O) groups is 2. The van der Waals surface area contributed by atoms with Gasteiger partial charge in [0.05, 0.1) is 12.7 Å². The van der Waals surface area contributed by atoms with E-state index in [9.17, 15) is 9.59 Å². The van der Waals surface area contributed by atoms with Gasteiger partial charge in [-0.15, -0.1) is 0 Å². The Hall–Kier alpha value is -2.18. The third-order valence-corrected chi connectivity index (χ3v) is 3.99. The fourth-order valence-corrected chi connectivity index (χ4v) is 2.87. The maximum absolute atomic E-state index is 12.5. The summed E-state index contributed by atoms with van der Waals surface area (Å²) in [6.45, 7) is 7.42. The molecule has 0 spiro atoms. The van der Waals surface area contributed by atoms with Gasteiger partial charge in [-0.1, -0.05) is 0 Å². The Balaban J connectivity index is 1.82. The molecule has 1 aromatic rings. The van der Waals surface area contributed by atoms with Gasteiger partial charge in [-0.2, -0.15) is 0 Å². The van der Waals surface area contributed by atoms with Gasteiger partial charge in [0.2, 0.25) is 11.8 Å². The van der Waals surface area contributed by atoms with Crippen LogP contribution in [-0.2, 0) is 9.59 Å². The maximum atomic E-state index is 12.5. The van der Waals surface area contributed by atoms with E-state index in [0.29, 0.717) is 0 Å². The minimum atomic E-state index is -0.289. The molecule has 7 heteroatoms. The summed E-state index contributed by atoms with van der Waals surface area (Å²) in [6, 6.07) is 0. The molecular formula is C17H27N5O2. The van der Waals surface area contributed by atoms with Gasteiger partial charge >= 0.3 is 0 Å². The molecule has 2 heterocycles. The molecule has 1 aliphatic heterocycles. The Bertz CT molecular complexity index is 562. The molecule has 0 aromatic carbocycles. The number of nitrogens with one attached hydrogen (secondary N) is 1. The summed E-state index contributed by atoms with van der Waals surface area (Å²) in [4.78, 5) is 36.6. The number of anilines is 1. The van der Waals surface area contributed by atoms with Crippen LogP contribution in [0.2, 0.25) is 0 Å². The van der Waals surface area contributed by atoms with Gasteiger partial charge in [0.1, 0.15) is 5.82 Å². The molecular weight excluding hydrogens is 306 g/mol. The summed E-state index contributed by atoms with van der Waals surface area (Å²) in [5.74, 6) is 0.722. The van der Waals surface area contributed by atoms with Crippen molar-refractivity contribution in [2.75, 3.05) is 31.6 Å². The molecule has 132 valence electrons. The number of nitrogens with zero attached hydrogens (tertiary/aromatic N) is 4. The highest BCUT2D eigenvalue weighted by Crippen LogP contribution is 2.22. The van der Waals surface area contributed by atoms with Crippen LogP contribution < -0.4 is 10.2 Å². The minimum Gasteiger partial charge on any atom is -0.355 e. The zero-order chi connectivity index (χ0) is 17.7. The SMILES string of the molecule is CN(CC(=O)NC(C)(C)C)C(=O)C1CCN(c2cnccn2)CC1. The average molecular weight is 333 g/mol. The van der Waals surface area contributed by atoms with Crippen LogP contribution in [0, 0.1) is 5.92 Å². The van der Waals surface area contributed by atoms with E-state index in [1.165, 1.54) is 4.90 Å². The third kappa shape index (κ3) is 5.18. The summed E-state index contributed by atoms with van der Waals surface area (Å²) in [7, 11) is 1.69. The average Bonchev–Trinajstić information content (AvgIpc) is 2.53. The number of piperidine rings is 1. The van der Waals surface area contributed by atoms with Crippen LogP contribution in [0.25, 0.3) is 0 Å². The monoisotopic (exact) mass is 333 g/mol. The van der Waals surface area contributed by atoms with E-state index >= 15 is 0 Å². The van der Waals surface area contributed by atoms with E-state index in [1.807, 2.05) is 20.8 Å². The lowest BCUT2D eigenvalue weighted by Gasteiger charge is -2.33. The zero-order valence-electron chi connectivity index (χ0n) is 15.0. The maximum Gasteiger partial charge on any atom is 0.240 e. The summed E-state index contributed by atoms with van der Waals surface area (Å²) < 4.78 is 0. The molecule has 0 atom stereocenters. The summed E-state index contributed by atoms with van der Waals surface area (Å²) in [5, 5.41) is 2.88. The number of carbonyl (C=O) groups excluding carboxylic acids is 2. The van der Waals surface area contributed by atoms with E-state index < -0.39 is 0 Å². The Morgan fingerprint density at radius 1 is 1.29 bits per heavy atom. The Kier molecular flexibility index (Phi) is 5.75. The first-order valence-electron chi connectivity index (χ1n) is 8.33. The van der Waals surface area contributed by atoms with Crippen molar-refractivity contribution in [3.8, 4) is 0 Å². The van der Waals surface area contributed by atoms with Crippen molar-refractivity contribution < 1.29 is 9.59 Å². The Morgan fingerprint density at radius 2 is 1.96 bits per heavy atom.